The summed E-state index contributed by atoms with van der Waals surface area (Å²) in [4.78, 5) is 17.5. The van der Waals surface area contributed by atoms with Crippen LogP contribution in [0.15, 0.2) is 42.7 Å². The number of carbonyl (C=O) groups excluding carboxylic acids is 1. The second-order valence-corrected chi connectivity index (χ2v) is 6.39. The summed E-state index contributed by atoms with van der Waals surface area (Å²) in [6.07, 6.45) is 3.71. The van der Waals surface area contributed by atoms with Crippen molar-refractivity contribution >= 4 is 5.91 Å². The van der Waals surface area contributed by atoms with Crippen molar-refractivity contribution in [3.8, 4) is 0 Å². The van der Waals surface area contributed by atoms with Crippen LogP contribution in [0.25, 0.3) is 0 Å². The summed E-state index contributed by atoms with van der Waals surface area (Å²) in [5.74, 6) is 0.0506. The Morgan fingerprint density at radius 3 is 2.50 bits per heavy atom. The lowest BCUT2D eigenvalue weighted by molar-refractivity contribution is -0.127. The molecule has 1 amide bonds. The van der Waals surface area contributed by atoms with Gasteiger partial charge in [-0.1, -0.05) is 30.3 Å². The first-order valence-corrected chi connectivity index (χ1v) is 8.36. The first-order chi connectivity index (χ1) is 11.6. The van der Waals surface area contributed by atoms with Crippen LogP contribution < -0.4 is 5.32 Å². The molecule has 0 aliphatic carbocycles. The van der Waals surface area contributed by atoms with Crippen molar-refractivity contribution in [1.82, 2.24) is 24.9 Å². The van der Waals surface area contributed by atoms with Gasteiger partial charge in [0.1, 0.15) is 6.04 Å². The Kier molecular flexibility index (Phi) is 5.27. The zero-order chi connectivity index (χ0) is 16.9. The van der Waals surface area contributed by atoms with E-state index in [1.165, 1.54) is 0 Å². The minimum absolute atomic E-state index is 0.0506. The van der Waals surface area contributed by atoms with Crippen LogP contribution in [0.4, 0.5) is 0 Å². The zero-order valence-corrected chi connectivity index (χ0v) is 14.4. The van der Waals surface area contributed by atoms with E-state index in [0.717, 1.165) is 37.3 Å². The van der Waals surface area contributed by atoms with Crippen LogP contribution in [0, 0.1) is 0 Å². The number of benzene rings is 1. The first-order valence-electron chi connectivity index (χ1n) is 8.36. The maximum atomic E-state index is 12.9. The van der Waals surface area contributed by atoms with Gasteiger partial charge in [0, 0.05) is 51.5 Å². The molecule has 1 aliphatic heterocycles. The molecule has 2 heterocycles. The SMILES string of the molecule is CN1CCN(C(C(=O)NCc2cnn(C)c2)c2ccccc2)CC1. The Bertz CT molecular complexity index is 661. The number of likely N-dealkylation sites (N-methyl/N-ethyl adjacent to an activating group) is 1. The monoisotopic (exact) mass is 327 g/mol. The highest BCUT2D eigenvalue weighted by Gasteiger charge is 2.29. The van der Waals surface area contributed by atoms with E-state index >= 15 is 0 Å². The highest BCUT2D eigenvalue weighted by molar-refractivity contribution is 5.83. The maximum Gasteiger partial charge on any atom is 0.242 e. The highest BCUT2D eigenvalue weighted by Crippen LogP contribution is 2.22. The molecule has 1 aromatic carbocycles. The fourth-order valence-corrected chi connectivity index (χ4v) is 3.09. The molecule has 128 valence electrons. The number of aryl methyl sites for hydroxylation is 1. The standard InChI is InChI=1S/C18H25N5O/c1-21-8-10-23(11-9-21)17(16-6-4-3-5-7-16)18(24)19-12-15-13-20-22(2)14-15/h3-7,13-14,17H,8-12H2,1-2H3,(H,19,24). The Morgan fingerprint density at radius 1 is 1.17 bits per heavy atom. The average Bonchev–Trinajstić information content (AvgIpc) is 3.01. The van der Waals surface area contributed by atoms with Crippen molar-refractivity contribution in [3.05, 3.63) is 53.9 Å². The lowest BCUT2D eigenvalue weighted by Gasteiger charge is -2.37. The quantitative estimate of drug-likeness (QED) is 0.891. The van der Waals surface area contributed by atoms with Gasteiger partial charge in [0.2, 0.25) is 5.91 Å². The maximum absolute atomic E-state index is 12.9. The van der Waals surface area contributed by atoms with Crippen LogP contribution >= 0.6 is 0 Å². The minimum atomic E-state index is -0.239. The molecule has 24 heavy (non-hydrogen) atoms. The van der Waals surface area contributed by atoms with Gasteiger partial charge >= 0.3 is 0 Å². The van der Waals surface area contributed by atoms with Crippen molar-refractivity contribution in [2.45, 2.75) is 12.6 Å². The molecule has 1 aromatic heterocycles. The summed E-state index contributed by atoms with van der Waals surface area (Å²) >= 11 is 0. The van der Waals surface area contributed by atoms with Gasteiger partial charge in [-0.25, -0.2) is 0 Å². The van der Waals surface area contributed by atoms with Gasteiger partial charge in [0.05, 0.1) is 6.20 Å². The molecule has 1 N–H and O–H groups in total. The molecule has 0 bridgehead atoms. The number of rotatable bonds is 5. The second-order valence-electron chi connectivity index (χ2n) is 6.39. The predicted molar refractivity (Wildman–Crippen MR) is 93.3 cm³/mol. The summed E-state index contributed by atoms with van der Waals surface area (Å²) in [5.41, 5.74) is 2.06. The van der Waals surface area contributed by atoms with Gasteiger partial charge in [-0.05, 0) is 12.6 Å². The van der Waals surface area contributed by atoms with E-state index in [-0.39, 0.29) is 11.9 Å². The number of nitrogens with one attached hydrogen (secondary N) is 1. The van der Waals surface area contributed by atoms with Crippen molar-refractivity contribution in [2.75, 3.05) is 33.2 Å². The van der Waals surface area contributed by atoms with E-state index in [1.54, 1.807) is 10.9 Å². The van der Waals surface area contributed by atoms with E-state index < -0.39 is 0 Å². The van der Waals surface area contributed by atoms with E-state index in [9.17, 15) is 4.79 Å². The molecule has 6 nitrogen and oxygen atoms in total. The normalized spacial score (nSPS) is 17.6. The smallest absolute Gasteiger partial charge is 0.242 e. The molecule has 0 radical (unpaired) electrons. The topological polar surface area (TPSA) is 53.4 Å². The van der Waals surface area contributed by atoms with Crippen molar-refractivity contribution in [3.63, 3.8) is 0 Å². The Labute approximate surface area is 143 Å². The molecule has 1 atom stereocenters. The molecule has 2 aromatic rings. The number of nitrogens with zero attached hydrogens (tertiary/aromatic N) is 4. The number of aromatic nitrogens is 2. The van der Waals surface area contributed by atoms with Gasteiger partial charge < -0.3 is 10.2 Å². The summed E-state index contributed by atoms with van der Waals surface area (Å²) < 4.78 is 1.75. The van der Waals surface area contributed by atoms with Crippen LogP contribution in [0.1, 0.15) is 17.2 Å². The third kappa shape index (κ3) is 4.01. The molecule has 0 saturated carbocycles. The van der Waals surface area contributed by atoms with E-state index in [0.29, 0.717) is 6.54 Å². The number of carbonyl (C=O) groups is 1. The number of amides is 1. The number of piperazine rings is 1. The zero-order valence-electron chi connectivity index (χ0n) is 14.4. The lowest BCUT2D eigenvalue weighted by atomic mass is 10.0. The van der Waals surface area contributed by atoms with Crippen molar-refractivity contribution in [1.29, 1.82) is 0 Å². The highest BCUT2D eigenvalue weighted by atomic mass is 16.2. The average molecular weight is 327 g/mol. The molecule has 6 heteroatoms. The first kappa shape index (κ1) is 16.7. The van der Waals surface area contributed by atoms with Crippen molar-refractivity contribution in [2.24, 2.45) is 7.05 Å². The molecule has 1 unspecified atom stereocenters. The minimum Gasteiger partial charge on any atom is -0.350 e. The predicted octanol–water partition coefficient (Wildman–Crippen LogP) is 1.03. The fraction of sp³-hybridized carbons (Fsp3) is 0.444. The van der Waals surface area contributed by atoms with Crippen LogP contribution in [0.3, 0.4) is 0 Å². The third-order valence-electron chi connectivity index (χ3n) is 4.49. The molecule has 0 spiro atoms. The lowest BCUT2D eigenvalue weighted by Crippen LogP contribution is -2.49. The second kappa shape index (κ2) is 7.59. The van der Waals surface area contributed by atoms with Crippen LogP contribution in [-0.2, 0) is 18.4 Å². The van der Waals surface area contributed by atoms with E-state index in [1.807, 2.05) is 43.6 Å². The van der Waals surface area contributed by atoms with Gasteiger partial charge in [-0.15, -0.1) is 0 Å². The van der Waals surface area contributed by atoms with Gasteiger partial charge in [-0.2, -0.15) is 5.10 Å². The Morgan fingerprint density at radius 2 is 1.88 bits per heavy atom. The molecule has 1 saturated heterocycles. The van der Waals surface area contributed by atoms with E-state index in [4.69, 9.17) is 0 Å². The summed E-state index contributed by atoms with van der Waals surface area (Å²) in [6, 6.07) is 9.80. The third-order valence-corrected chi connectivity index (χ3v) is 4.49. The van der Waals surface area contributed by atoms with E-state index in [2.05, 4.69) is 27.3 Å². The van der Waals surface area contributed by atoms with Gasteiger partial charge in [0.15, 0.2) is 0 Å². The summed E-state index contributed by atoms with van der Waals surface area (Å²) in [6.45, 7) is 4.27. The molecule has 1 fully saturated rings. The van der Waals surface area contributed by atoms with Crippen molar-refractivity contribution < 1.29 is 4.79 Å². The summed E-state index contributed by atoms with van der Waals surface area (Å²) in [7, 11) is 4.00. The molecular formula is C18H25N5O. The Balaban J connectivity index is 1.72. The molecule has 1 aliphatic rings. The Hall–Kier alpha value is -2.18. The van der Waals surface area contributed by atoms with Crippen LogP contribution in [0.5, 0.6) is 0 Å². The summed E-state index contributed by atoms with van der Waals surface area (Å²) in [5, 5.41) is 7.22. The van der Waals surface area contributed by atoms with Crippen LogP contribution in [-0.4, -0.2) is 58.7 Å². The van der Waals surface area contributed by atoms with Crippen LogP contribution in [0.2, 0.25) is 0 Å². The molecular weight excluding hydrogens is 302 g/mol. The van der Waals surface area contributed by atoms with Gasteiger partial charge in [0.25, 0.3) is 0 Å². The fourth-order valence-electron chi connectivity index (χ4n) is 3.09. The van der Waals surface area contributed by atoms with Gasteiger partial charge in [-0.3, -0.25) is 14.4 Å². The number of hydrogen-bond donors (Lipinski definition) is 1. The molecule has 3 rings (SSSR count). The largest absolute Gasteiger partial charge is 0.350 e. The number of hydrogen-bond acceptors (Lipinski definition) is 4.